The second-order valence-corrected chi connectivity index (χ2v) is 6.23. The van der Waals surface area contributed by atoms with Crippen molar-refractivity contribution in [2.24, 2.45) is 5.92 Å². The van der Waals surface area contributed by atoms with Crippen molar-refractivity contribution in [3.05, 3.63) is 22.2 Å². The van der Waals surface area contributed by atoms with Crippen molar-refractivity contribution >= 4 is 15.9 Å². The average Bonchev–Trinajstić information content (AvgIpc) is 3.15. The molecule has 1 aliphatic carbocycles. The Kier molecular flexibility index (Phi) is 3.99. The van der Waals surface area contributed by atoms with Crippen LogP contribution in [0.15, 0.2) is 16.6 Å². The number of benzene rings is 1. The van der Waals surface area contributed by atoms with E-state index in [1.54, 1.807) is 0 Å². The minimum absolute atomic E-state index is 0.629. The Hall–Kier alpha value is -0.740. The average molecular weight is 326 g/mol. The van der Waals surface area contributed by atoms with E-state index in [4.69, 9.17) is 9.47 Å². The van der Waals surface area contributed by atoms with E-state index in [-0.39, 0.29) is 0 Å². The van der Waals surface area contributed by atoms with Crippen LogP contribution in [0.1, 0.15) is 31.7 Å². The van der Waals surface area contributed by atoms with Gasteiger partial charge < -0.3 is 14.8 Å². The standard InChI is InChI=1S/C15H20BrNO2/c1-2-3-11-8-13(11)17-9-10-6-12(16)15-14(7-10)18-4-5-19-15/h6-7,11,13,17H,2-5,8-9H2,1H3. The topological polar surface area (TPSA) is 30.5 Å². The molecule has 3 nitrogen and oxygen atoms in total. The van der Waals surface area contributed by atoms with Gasteiger partial charge in [0.05, 0.1) is 4.47 Å². The number of fused-ring (bicyclic) bond motifs is 1. The van der Waals surface area contributed by atoms with Crippen LogP contribution >= 0.6 is 15.9 Å². The maximum atomic E-state index is 5.64. The van der Waals surface area contributed by atoms with Crippen molar-refractivity contribution < 1.29 is 9.47 Å². The molecule has 0 saturated heterocycles. The van der Waals surface area contributed by atoms with Crippen LogP contribution in [0.5, 0.6) is 11.5 Å². The highest BCUT2D eigenvalue weighted by molar-refractivity contribution is 9.10. The molecule has 1 fully saturated rings. The number of rotatable bonds is 5. The summed E-state index contributed by atoms with van der Waals surface area (Å²) < 4.78 is 12.2. The molecule has 1 heterocycles. The zero-order valence-corrected chi connectivity index (χ0v) is 12.8. The van der Waals surface area contributed by atoms with Gasteiger partial charge in [0, 0.05) is 12.6 Å². The first-order valence-electron chi connectivity index (χ1n) is 7.09. The van der Waals surface area contributed by atoms with Gasteiger partial charge in [0.1, 0.15) is 13.2 Å². The molecule has 2 unspecified atom stereocenters. The van der Waals surface area contributed by atoms with Crippen molar-refractivity contribution in [1.29, 1.82) is 0 Å². The summed E-state index contributed by atoms with van der Waals surface area (Å²) in [5.41, 5.74) is 1.25. The Bertz CT molecular complexity index is 464. The van der Waals surface area contributed by atoms with E-state index in [1.807, 2.05) is 0 Å². The molecule has 2 aliphatic rings. The lowest BCUT2D eigenvalue weighted by molar-refractivity contribution is 0.170. The number of hydrogen-bond acceptors (Lipinski definition) is 3. The third kappa shape index (κ3) is 3.06. The summed E-state index contributed by atoms with van der Waals surface area (Å²) in [6.45, 7) is 4.43. The van der Waals surface area contributed by atoms with E-state index in [1.165, 1.54) is 24.8 Å². The van der Waals surface area contributed by atoms with Crippen molar-refractivity contribution in [3.8, 4) is 11.5 Å². The van der Waals surface area contributed by atoms with Crippen LogP contribution < -0.4 is 14.8 Å². The lowest BCUT2D eigenvalue weighted by Crippen LogP contribution is -2.19. The predicted molar refractivity (Wildman–Crippen MR) is 78.8 cm³/mol. The van der Waals surface area contributed by atoms with Crippen molar-refractivity contribution in [2.75, 3.05) is 13.2 Å². The Balaban J connectivity index is 1.61. The van der Waals surface area contributed by atoms with Crippen molar-refractivity contribution in [3.63, 3.8) is 0 Å². The van der Waals surface area contributed by atoms with Gasteiger partial charge >= 0.3 is 0 Å². The quantitative estimate of drug-likeness (QED) is 0.898. The fraction of sp³-hybridized carbons (Fsp3) is 0.600. The van der Waals surface area contributed by atoms with E-state index in [2.05, 4.69) is 40.3 Å². The summed E-state index contributed by atoms with van der Waals surface area (Å²) >= 11 is 3.56. The van der Waals surface area contributed by atoms with E-state index in [0.29, 0.717) is 19.3 Å². The predicted octanol–water partition coefficient (Wildman–Crippen LogP) is 3.50. The molecule has 1 aromatic carbocycles. The lowest BCUT2D eigenvalue weighted by Gasteiger charge is -2.20. The number of nitrogens with one attached hydrogen (secondary N) is 1. The highest BCUT2D eigenvalue weighted by Crippen LogP contribution is 2.39. The molecule has 4 heteroatoms. The fourth-order valence-electron chi connectivity index (χ4n) is 2.70. The molecular formula is C15H20BrNO2. The van der Waals surface area contributed by atoms with Crippen LogP contribution in [-0.4, -0.2) is 19.3 Å². The summed E-state index contributed by atoms with van der Waals surface area (Å²) in [4.78, 5) is 0. The van der Waals surface area contributed by atoms with Crippen molar-refractivity contribution in [2.45, 2.75) is 38.8 Å². The normalized spacial score (nSPS) is 24.3. The summed E-state index contributed by atoms with van der Waals surface area (Å²) in [6.07, 6.45) is 3.97. The molecule has 1 N–H and O–H groups in total. The van der Waals surface area contributed by atoms with E-state index < -0.39 is 0 Å². The molecule has 0 amide bonds. The lowest BCUT2D eigenvalue weighted by atomic mass is 10.2. The Morgan fingerprint density at radius 2 is 2.16 bits per heavy atom. The van der Waals surface area contributed by atoms with Crippen LogP contribution in [0.25, 0.3) is 0 Å². The van der Waals surface area contributed by atoms with Gasteiger partial charge in [0.2, 0.25) is 0 Å². The summed E-state index contributed by atoms with van der Waals surface area (Å²) in [7, 11) is 0. The molecule has 1 aromatic rings. The zero-order chi connectivity index (χ0) is 13.2. The summed E-state index contributed by atoms with van der Waals surface area (Å²) in [5.74, 6) is 2.59. The Morgan fingerprint density at radius 1 is 1.32 bits per heavy atom. The van der Waals surface area contributed by atoms with E-state index in [9.17, 15) is 0 Å². The molecule has 104 valence electrons. The molecule has 0 aromatic heterocycles. The molecule has 0 radical (unpaired) electrons. The minimum Gasteiger partial charge on any atom is -0.486 e. The molecule has 0 bridgehead atoms. The highest BCUT2D eigenvalue weighted by atomic mass is 79.9. The monoisotopic (exact) mass is 325 g/mol. The van der Waals surface area contributed by atoms with Crippen LogP contribution in [0, 0.1) is 5.92 Å². The smallest absolute Gasteiger partial charge is 0.175 e. The fourth-order valence-corrected chi connectivity index (χ4v) is 3.31. The van der Waals surface area contributed by atoms with Gasteiger partial charge in [-0.1, -0.05) is 13.3 Å². The van der Waals surface area contributed by atoms with Gasteiger partial charge in [0.25, 0.3) is 0 Å². The first kappa shape index (κ1) is 13.3. The van der Waals surface area contributed by atoms with Crippen LogP contribution in [0.3, 0.4) is 0 Å². The maximum Gasteiger partial charge on any atom is 0.175 e. The molecular weight excluding hydrogens is 306 g/mol. The molecule has 1 aliphatic heterocycles. The van der Waals surface area contributed by atoms with Gasteiger partial charge in [-0.2, -0.15) is 0 Å². The summed E-state index contributed by atoms with van der Waals surface area (Å²) in [5, 5.41) is 3.62. The third-order valence-corrected chi connectivity index (χ3v) is 4.40. The first-order chi connectivity index (χ1) is 9.28. The van der Waals surface area contributed by atoms with Gasteiger partial charge in [0.15, 0.2) is 11.5 Å². The second kappa shape index (κ2) is 5.71. The third-order valence-electron chi connectivity index (χ3n) is 3.81. The molecule has 19 heavy (non-hydrogen) atoms. The largest absolute Gasteiger partial charge is 0.486 e. The second-order valence-electron chi connectivity index (χ2n) is 5.37. The number of halogens is 1. The van der Waals surface area contributed by atoms with E-state index >= 15 is 0 Å². The maximum absolute atomic E-state index is 5.64. The highest BCUT2D eigenvalue weighted by Gasteiger charge is 2.35. The van der Waals surface area contributed by atoms with Crippen LogP contribution in [0.2, 0.25) is 0 Å². The van der Waals surface area contributed by atoms with Gasteiger partial charge in [-0.15, -0.1) is 0 Å². The van der Waals surface area contributed by atoms with E-state index in [0.717, 1.165) is 28.4 Å². The van der Waals surface area contributed by atoms with Gasteiger partial charge in [-0.3, -0.25) is 0 Å². The van der Waals surface area contributed by atoms with Gasteiger partial charge in [-0.05, 0) is 52.4 Å². The molecule has 1 saturated carbocycles. The van der Waals surface area contributed by atoms with Crippen molar-refractivity contribution in [1.82, 2.24) is 5.32 Å². The molecule has 2 atom stereocenters. The number of ether oxygens (including phenoxy) is 2. The minimum atomic E-state index is 0.629. The van der Waals surface area contributed by atoms with Crippen LogP contribution in [0.4, 0.5) is 0 Å². The van der Waals surface area contributed by atoms with Gasteiger partial charge in [-0.25, -0.2) is 0 Å². The van der Waals surface area contributed by atoms with Crippen LogP contribution in [-0.2, 0) is 6.54 Å². The zero-order valence-electron chi connectivity index (χ0n) is 11.2. The molecule has 0 spiro atoms. The first-order valence-corrected chi connectivity index (χ1v) is 7.88. The molecule has 3 rings (SSSR count). The Morgan fingerprint density at radius 3 is 3.00 bits per heavy atom. The SMILES string of the molecule is CCCC1CC1NCc1cc(Br)c2c(c1)OCCO2. The Labute approximate surface area is 122 Å². The summed E-state index contributed by atoms with van der Waals surface area (Å²) in [6, 6.07) is 4.92. The number of hydrogen-bond donors (Lipinski definition) is 1.